The van der Waals surface area contributed by atoms with Gasteiger partial charge < -0.3 is 19.7 Å². The van der Waals surface area contributed by atoms with E-state index < -0.39 is 21.6 Å². The Morgan fingerprint density at radius 1 is 0.862 bits per heavy atom. The van der Waals surface area contributed by atoms with Gasteiger partial charge in [0, 0.05) is 28.8 Å². The fourth-order valence-corrected chi connectivity index (χ4v) is 4.70. The lowest BCUT2D eigenvalue weighted by Crippen LogP contribution is -2.32. The lowest BCUT2D eigenvalue weighted by atomic mass is 9.77. The van der Waals surface area contributed by atoms with E-state index in [0.29, 0.717) is 11.1 Å². The van der Waals surface area contributed by atoms with Crippen LogP contribution >= 0.6 is 0 Å². The minimum atomic E-state index is -4.20. The van der Waals surface area contributed by atoms with Gasteiger partial charge >= 0.3 is 5.97 Å². The van der Waals surface area contributed by atoms with E-state index in [0.717, 1.165) is 0 Å². The SMILES string of the molecule is NS(=O)(=O)c1cccc2c1C(=O)OC21c2ccc(O)cc2Oc2cc(O)ccc21. The number of carbonyl (C=O) groups excluding carboxylic acids is 1. The molecule has 0 saturated carbocycles. The zero-order valence-corrected chi connectivity index (χ0v) is 15.4. The van der Waals surface area contributed by atoms with Crippen LogP contribution in [0.1, 0.15) is 27.0 Å². The van der Waals surface area contributed by atoms with Crippen molar-refractivity contribution in [1.82, 2.24) is 0 Å². The zero-order valence-electron chi connectivity index (χ0n) is 14.6. The average molecular weight is 411 g/mol. The van der Waals surface area contributed by atoms with Crippen LogP contribution in [0.4, 0.5) is 0 Å². The number of phenolic OH excluding ortho intramolecular Hbond substituents is 2. The van der Waals surface area contributed by atoms with Gasteiger partial charge in [-0.05, 0) is 30.3 Å². The minimum Gasteiger partial charge on any atom is -0.508 e. The van der Waals surface area contributed by atoms with Gasteiger partial charge in [-0.15, -0.1) is 0 Å². The second-order valence-electron chi connectivity index (χ2n) is 6.76. The van der Waals surface area contributed by atoms with E-state index in [1.54, 1.807) is 6.07 Å². The third-order valence-electron chi connectivity index (χ3n) is 5.07. The minimum absolute atomic E-state index is 0.0784. The first-order valence-corrected chi connectivity index (χ1v) is 10.0. The van der Waals surface area contributed by atoms with Crippen LogP contribution < -0.4 is 9.88 Å². The Balaban J connectivity index is 1.93. The molecule has 0 saturated heterocycles. The maximum absolute atomic E-state index is 12.9. The van der Waals surface area contributed by atoms with E-state index in [2.05, 4.69) is 0 Å². The molecule has 0 atom stereocenters. The molecule has 4 N–H and O–H groups in total. The van der Waals surface area contributed by atoms with E-state index in [-0.39, 0.29) is 39.0 Å². The summed E-state index contributed by atoms with van der Waals surface area (Å²) in [6.45, 7) is 0. The Labute approximate surface area is 164 Å². The summed E-state index contributed by atoms with van der Waals surface area (Å²) in [5.74, 6) is -0.616. The Bertz CT molecular complexity index is 1280. The average Bonchev–Trinajstić information content (AvgIpc) is 2.94. The highest BCUT2D eigenvalue weighted by molar-refractivity contribution is 7.89. The van der Waals surface area contributed by atoms with Gasteiger partial charge in [0.25, 0.3) is 0 Å². The highest BCUT2D eigenvalue weighted by Crippen LogP contribution is 2.57. The summed E-state index contributed by atoms with van der Waals surface area (Å²) in [5.41, 5.74) is -0.622. The molecule has 3 aromatic carbocycles. The molecule has 0 amide bonds. The monoisotopic (exact) mass is 411 g/mol. The van der Waals surface area contributed by atoms with E-state index in [9.17, 15) is 23.4 Å². The number of hydrogen-bond donors (Lipinski definition) is 3. The van der Waals surface area contributed by atoms with Gasteiger partial charge in [0.15, 0.2) is 5.60 Å². The van der Waals surface area contributed by atoms with Crippen molar-refractivity contribution in [2.24, 2.45) is 5.14 Å². The topological polar surface area (TPSA) is 136 Å². The zero-order chi connectivity index (χ0) is 20.6. The van der Waals surface area contributed by atoms with Crippen molar-refractivity contribution in [2.75, 3.05) is 0 Å². The number of ether oxygens (including phenoxy) is 2. The number of nitrogens with two attached hydrogens (primary N) is 1. The van der Waals surface area contributed by atoms with Crippen molar-refractivity contribution in [1.29, 1.82) is 0 Å². The molecule has 2 aliphatic rings. The summed E-state index contributed by atoms with van der Waals surface area (Å²) < 4.78 is 35.8. The molecule has 1 spiro atoms. The van der Waals surface area contributed by atoms with Crippen molar-refractivity contribution in [2.45, 2.75) is 10.5 Å². The Morgan fingerprint density at radius 3 is 2.00 bits per heavy atom. The summed E-state index contributed by atoms with van der Waals surface area (Å²) >= 11 is 0. The smallest absolute Gasteiger partial charge is 0.341 e. The summed E-state index contributed by atoms with van der Waals surface area (Å²) in [7, 11) is -4.20. The molecule has 2 heterocycles. The van der Waals surface area contributed by atoms with Crippen LogP contribution in [-0.4, -0.2) is 24.6 Å². The van der Waals surface area contributed by atoms with Gasteiger partial charge in [0.05, 0.1) is 10.5 Å². The number of carbonyl (C=O) groups is 1. The first kappa shape index (κ1) is 17.5. The van der Waals surface area contributed by atoms with E-state index in [1.165, 1.54) is 48.5 Å². The number of fused-ring (bicyclic) bond motifs is 6. The third kappa shape index (κ3) is 2.28. The van der Waals surface area contributed by atoms with Gasteiger partial charge in [-0.3, -0.25) is 0 Å². The molecule has 29 heavy (non-hydrogen) atoms. The Hall–Kier alpha value is -3.56. The maximum Gasteiger partial charge on any atom is 0.341 e. The number of primary sulfonamides is 1. The molecule has 0 aromatic heterocycles. The van der Waals surface area contributed by atoms with Crippen molar-refractivity contribution < 1.29 is 32.9 Å². The third-order valence-corrected chi connectivity index (χ3v) is 6.02. The normalized spacial score (nSPS) is 15.8. The molecule has 5 rings (SSSR count). The largest absolute Gasteiger partial charge is 0.508 e. The molecular formula is C20H13NO7S. The quantitative estimate of drug-likeness (QED) is 0.523. The van der Waals surface area contributed by atoms with E-state index in [1.807, 2.05) is 0 Å². The number of phenols is 2. The summed E-state index contributed by atoms with van der Waals surface area (Å²) in [6.07, 6.45) is 0. The molecule has 9 heteroatoms. The predicted octanol–water partition coefficient (Wildman–Crippen LogP) is 2.31. The second-order valence-corrected chi connectivity index (χ2v) is 8.29. The van der Waals surface area contributed by atoms with Crippen LogP contribution in [0, 0.1) is 0 Å². The molecular weight excluding hydrogens is 398 g/mol. The molecule has 0 aliphatic carbocycles. The molecule has 0 radical (unpaired) electrons. The van der Waals surface area contributed by atoms with Gasteiger partial charge in [-0.2, -0.15) is 0 Å². The number of sulfonamides is 1. The predicted molar refractivity (Wildman–Crippen MR) is 99.4 cm³/mol. The first-order valence-electron chi connectivity index (χ1n) is 8.46. The van der Waals surface area contributed by atoms with Crippen LogP contribution in [0.3, 0.4) is 0 Å². The Kier molecular flexibility index (Phi) is 3.32. The highest BCUT2D eigenvalue weighted by atomic mass is 32.2. The van der Waals surface area contributed by atoms with Crippen molar-refractivity contribution >= 4 is 16.0 Å². The van der Waals surface area contributed by atoms with Crippen LogP contribution in [0.15, 0.2) is 59.5 Å². The number of aromatic hydroxyl groups is 2. The lowest BCUT2D eigenvalue weighted by Gasteiger charge is -2.36. The van der Waals surface area contributed by atoms with Gasteiger partial charge in [-0.25, -0.2) is 18.4 Å². The van der Waals surface area contributed by atoms with Crippen LogP contribution in [0.5, 0.6) is 23.0 Å². The second kappa shape index (κ2) is 5.49. The fraction of sp³-hybridized carbons (Fsp3) is 0.0500. The van der Waals surface area contributed by atoms with Crippen LogP contribution in [0.2, 0.25) is 0 Å². The summed E-state index contributed by atoms with van der Waals surface area (Å²) in [5, 5.41) is 25.1. The number of hydrogen-bond acceptors (Lipinski definition) is 7. The Morgan fingerprint density at radius 2 is 1.45 bits per heavy atom. The van der Waals surface area contributed by atoms with Gasteiger partial charge in [0.1, 0.15) is 23.0 Å². The van der Waals surface area contributed by atoms with Gasteiger partial charge in [-0.1, -0.05) is 12.1 Å². The molecule has 3 aromatic rings. The van der Waals surface area contributed by atoms with E-state index in [4.69, 9.17) is 14.6 Å². The summed E-state index contributed by atoms with van der Waals surface area (Å²) in [4.78, 5) is 12.5. The summed E-state index contributed by atoms with van der Waals surface area (Å²) in [6, 6.07) is 12.9. The van der Waals surface area contributed by atoms with Crippen molar-refractivity contribution in [3.63, 3.8) is 0 Å². The van der Waals surface area contributed by atoms with Crippen LogP contribution in [0.25, 0.3) is 0 Å². The fourth-order valence-electron chi connectivity index (χ4n) is 3.95. The molecule has 0 fully saturated rings. The lowest BCUT2D eigenvalue weighted by molar-refractivity contribution is 0.0222. The molecule has 0 bridgehead atoms. The first-order chi connectivity index (χ1) is 13.7. The standard InChI is InChI=1S/C20H13NO7S/c21-29(25,26)17-3-1-2-14-18(17)19(24)28-20(14)12-6-4-10(22)8-15(12)27-16-9-11(23)5-7-13(16)20/h1-9,22-23H,(H2,21,25,26). The maximum atomic E-state index is 12.9. The van der Waals surface area contributed by atoms with Gasteiger partial charge in [0.2, 0.25) is 10.0 Å². The molecule has 2 aliphatic heterocycles. The van der Waals surface area contributed by atoms with Crippen LogP contribution in [-0.2, 0) is 20.4 Å². The highest BCUT2D eigenvalue weighted by Gasteiger charge is 2.54. The molecule has 0 unspecified atom stereocenters. The molecule has 8 nitrogen and oxygen atoms in total. The van der Waals surface area contributed by atoms with E-state index >= 15 is 0 Å². The number of rotatable bonds is 1. The molecule has 146 valence electrons. The van der Waals surface area contributed by atoms with Crippen molar-refractivity contribution in [3.05, 3.63) is 76.9 Å². The number of benzene rings is 3. The number of esters is 1. The van der Waals surface area contributed by atoms with Crippen molar-refractivity contribution in [3.8, 4) is 23.0 Å².